The number of carbonyl (C=O) groups is 1. The maximum Gasteiger partial charge on any atom is 0.237 e. The van der Waals surface area contributed by atoms with Gasteiger partial charge in [-0.25, -0.2) is 4.39 Å². The SMILES string of the molecule is C=CCC[C@H](O)CN(CCOC)CC(=O)N1CCc2sccc2[C@@H]1COc1cccc(F)c1. The Bertz CT molecular complexity index is 906. The summed E-state index contributed by atoms with van der Waals surface area (Å²) in [5.41, 5.74) is 1.09. The molecule has 6 nitrogen and oxygen atoms in total. The second-order valence-electron chi connectivity index (χ2n) is 8.17. The van der Waals surface area contributed by atoms with E-state index in [1.54, 1.807) is 36.7 Å². The molecule has 0 saturated heterocycles. The predicted molar refractivity (Wildman–Crippen MR) is 128 cm³/mol. The lowest BCUT2D eigenvalue weighted by atomic mass is 10.0. The van der Waals surface area contributed by atoms with Gasteiger partial charge >= 0.3 is 0 Å². The van der Waals surface area contributed by atoms with Gasteiger partial charge in [0, 0.05) is 37.7 Å². The third-order valence-electron chi connectivity index (χ3n) is 5.76. The van der Waals surface area contributed by atoms with E-state index in [0.29, 0.717) is 38.4 Å². The predicted octanol–water partition coefficient (Wildman–Crippen LogP) is 3.67. The first-order valence-electron chi connectivity index (χ1n) is 11.3. The number of thiophene rings is 1. The van der Waals surface area contributed by atoms with E-state index in [9.17, 15) is 14.3 Å². The van der Waals surface area contributed by atoms with Crippen molar-refractivity contribution >= 4 is 17.2 Å². The van der Waals surface area contributed by atoms with Gasteiger partial charge in [0.1, 0.15) is 18.2 Å². The molecule has 2 heterocycles. The summed E-state index contributed by atoms with van der Waals surface area (Å²) in [6.07, 6.45) is 3.37. The van der Waals surface area contributed by atoms with E-state index in [0.717, 1.165) is 18.4 Å². The average Bonchev–Trinajstić information content (AvgIpc) is 3.28. The summed E-state index contributed by atoms with van der Waals surface area (Å²) >= 11 is 1.69. The number of benzene rings is 1. The van der Waals surface area contributed by atoms with Crippen LogP contribution < -0.4 is 4.74 Å². The number of hydrogen-bond donors (Lipinski definition) is 1. The van der Waals surface area contributed by atoms with Crippen LogP contribution in [-0.2, 0) is 16.0 Å². The van der Waals surface area contributed by atoms with Crippen molar-refractivity contribution < 1.29 is 23.8 Å². The zero-order valence-electron chi connectivity index (χ0n) is 19.1. The number of nitrogens with zero attached hydrogens (tertiary/aromatic N) is 2. The maximum absolute atomic E-state index is 13.6. The van der Waals surface area contributed by atoms with Crippen molar-refractivity contribution in [1.29, 1.82) is 0 Å². The number of halogens is 1. The van der Waals surface area contributed by atoms with Crippen molar-refractivity contribution in [3.05, 3.63) is 64.6 Å². The summed E-state index contributed by atoms with van der Waals surface area (Å²) in [6.45, 7) is 6.15. The van der Waals surface area contributed by atoms with Crippen LogP contribution in [0.25, 0.3) is 0 Å². The Morgan fingerprint density at radius 1 is 1.45 bits per heavy atom. The summed E-state index contributed by atoms with van der Waals surface area (Å²) < 4.78 is 24.7. The van der Waals surface area contributed by atoms with Crippen LogP contribution in [0.2, 0.25) is 0 Å². The maximum atomic E-state index is 13.6. The second-order valence-corrected chi connectivity index (χ2v) is 9.17. The van der Waals surface area contributed by atoms with Crippen LogP contribution in [0.3, 0.4) is 0 Å². The van der Waals surface area contributed by atoms with Gasteiger partial charge in [-0.1, -0.05) is 12.1 Å². The van der Waals surface area contributed by atoms with Crippen LogP contribution in [0, 0.1) is 5.82 Å². The lowest BCUT2D eigenvalue weighted by molar-refractivity contribution is -0.136. The number of methoxy groups -OCH3 is 1. The Kier molecular flexibility index (Phi) is 9.87. The molecule has 1 aromatic heterocycles. The Hall–Kier alpha value is -2.26. The molecule has 0 radical (unpaired) electrons. The first-order chi connectivity index (χ1) is 16.0. The summed E-state index contributed by atoms with van der Waals surface area (Å²) in [5, 5.41) is 12.4. The minimum atomic E-state index is -0.537. The number of fused-ring (bicyclic) bond motifs is 1. The molecule has 1 aliphatic heterocycles. The number of rotatable bonds is 13. The van der Waals surface area contributed by atoms with Crippen LogP contribution in [0.5, 0.6) is 5.75 Å². The van der Waals surface area contributed by atoms with Crippen LogP contribution in [-0.4, -0.2) is 73.4 Å². The molecule has 0 bridgehead atoms. The Labute approximate surface area is 199 Å². The van der Waals surface area contributed by atoms with Gasteiger partial charge in [0.05, 0.1) is 25.3 Å². The van der Waals surface area contributed by atoms with Crippen LogP contribution in [0.15, 0.2) is 48.4 Å². The first kappa shape index (κ1) is 25.4. The van der Waals surface area contributed by atoms with E-state index in [4.69, 9.17) is 9.47 Å². The van der Waals surface area contributed by atoms with Gasteiger partial charge < -0.3 is 19.5 Å². The number of hydrogen-bond acceptors (Lipinski definition) is 6. The fraction of sp³-hybridized carbons (Fsp3) is 0.480. The smallest absolute Gasteiger partial charge is 0.237 e. The van der Waals surface area contributed by atoms with E-state index < -0.39 is 6.10 Å². The van der Waals surface area contributed by atoms with Gasteiger partial charge in [-0.15, -0.1) is 17.9 Å². The lowest BCUT2D eigenvalue weighted by Crippen LogP contribution is -2.48. The molecule has 1 N–H and O–H groups in total. The van der Waals surface area contributed by atoms with E-state index in [1.807, 2.05) is 21.2 Å². The number of ether oxygens (including phenoxy) is 2. The largest absolute Gasteiger partial charge is 0.491 e. The molecule has 1 aliphatic rings. The molecule has 2 aromatic rings. The fourth-order valence-corrected chi connectivity index (χ4v) is 4.97. The van der Waals surface area contributed by atoms with Crippen LogP contribution in [0.4, 0.5) is 4.39 Å². The molecule has 0 saturated carbocycles. The zero-order valence-corrected chi connectivity index (χ0v) is 19.9. The quantitative estimate of drug-likeness (QED) is 0.447. The normalized spacial score (nSPS) is 16.5. The van der Waals surface area contributed by atoms with Gasteiger partial charge in [0.2, 0.25) is 5.91 Å². The van der Waals surface area contributed by atoms with Crippen molar-refractivity contribution in [2.75, 3.05) is 46.5 Å². The Morgan fingerprint density at radius 3 is 3.06 bits per heavy atom. The molecule has 0 unspecified atom stereocenters. The van der Waals surface area contributed by atoms with Crippen LogP contribution in [0.1, 0.15) is 29.3 Å². The highest BCUT2D eigenvalue weighted by Gasteiger charge is 2.33. The van der Waals surface area contributed by atoms with Crippen molar-refractivity contribution in [2.24, 2.45) is 0 Å². The monoisotopic (exact) mass is 476 g/mol. The van der Waals surface area contributed by atoms with E-state index >= 15 is 0 Å². The minimum absolute atomic E-state index is 0.0216. The molecule has 0 aliphatic carbocycles. The standard InChI is InChI=1S/C25H33FN2O4S/c1-3-4-7-20(29)16-27(12-13-31-2)17-25(30)28-11-9-24-22(10-14-33-24)23(28)18-32-21-8-5-6-19(26)15-21/h3,5-6,8,10,14-15,20,23,29H,1,4,7,9,11-13,16-18H2,2H3/t20-,23-/m0/s1. The highest BCUT2D eigenvalue weighted by atomic mass is 32.1. The molecular weight excluding hydrogens is 443 g/mol. The summed E-state index contributed by atoms with van der Waals surface area (Å²) in [7, 11) is 1.62. The molecule has 180 valence electrons. The third-order valence-corrected chi connectivity index (χ3v) is 6.76. The molecule has 2 atom stereocenters. The molecule has 1 amide bonds. The number of carbonyl (C=O) groups excluding carboxylic acids is 1. The van der Waals surface area contributed by atoms with Gasteiger partial charge in [-0.3, -0.25) is 9.69 Å². The first-order valence-corrected chi connectivity index (χ1v) is 12.1. The zero-order chi connectivity index (χ0) is 23.6. The number of aliphatic hydroxyl groups is 1. The molecule has 8 heteroatoms. The molecule has 3 rings (SSSR count). The molecule has 0 spiro atoms. The Balaban J connectivity index is 1.70. The average molecular weight is 477 g/mol. The molecular formula is C25H33FN2O4S. The number of aliphatic hydroxyl groups excluding tert-OH is 1. The van der Waals surface area contributed by atoms with Crippen molar-refractivity contribution in [3.63, 3.8) is 0 Å². The summed E-state index contributed by atoms with van der Waals surface area (Å²) in [4.78, 5) is 18.5. The third kappa shape index (κ3) is 7.37. The second kappa shape index (κ2) is 12.8. The molecule has 0 fully saturated rings. The fourth-order valence-electron chi connectivity index (χ4n) is 4.04. The van der Waals surface area contributed by atoms with Crippen molar-refractivity contribution in [2.45, 2.75) is 31.4 Å². The van der Waals surface area contributed by atoms with Gasteiger partial charge in [-0.2, -0.15) is 0 Å². The Morgan fingerprint density at radius 2 is 2.30 bits per heavy atom. The van der Waals surface area contributed by atoms with E-state index in [2.05, 4.69) is 6.58 Å². The van der Waals surface area contributed by atoms with Gasteiger partial charge in [0.25, 0.3) is 0 Å². The highest BCUT2D eigenvalue weighted by molar-refractivity contribution is 7.10. The number of amides is 1. The highest BCUT2D eigenvalue weighted by Crippen LogP contribution is 2.34. The van der Waals surface area contributed by atoms with E-state index in [1.165, 1.54) is 17.0 Å². The van der Waals surface area contributed by atoms with Gasteiger partial charge in [-0.05, 0) is 48.4 Å². The molecule has 33 heavy (non-hydrogen) atoms. The topological polar surface area (TPSA) is 62.2 Å². The van der Waals surface area contributed by atoms with Crippen molar-refractivity contribution in [3.8, 4) is 5.75 Å². The van der Waals surface area contributed by atoms with Crippen LogP contribution >= 0.6 is 11.3 Å². The number of allylic oxidation sites excluding steroid dienone is 1. The summed E-state index contributed by atoms with van der Waals surface area (Å²) in [6, 6.07) is 7.84. The summed E-state index contributed by atoms with van der Waals surface area (Å²) in [5.74, 6) is 0.0626. The van der Waals surface area contributed by atoms with Crippen molar-refractivity contribution in [1.82, 2.24) is 9.80 Å². The lowest BCUT2D eigenvalue weighted by Gasteiger charge is -2.37. The van der Waals surface area contributed by atoms with Gasteiger partial charge in [0.15, 0.2) is 0 Å². The molecule has 1 aromatic carbocycles. The minimum Gasteiger partial charge on any atom is -0.491 e. The van der Waals surface area contributed by atoms with E-state index in [-0.39, 0.29) is 30.9 Å².